The number of nitrogens with zero attached hydrogens (tertiary/aromatic N) is 2. The average Bonchev–Trinajstić information content (AvgIpc) is 3.43. The zero-order valence-electron chi connectivity index (χ0n) is 19.5. The van der Waals surface area contributed by atoms with Gasteiger partial charge in [-0.1, -0.05) is 72.8 Å². The highest BCUT2D eigenvalue weighted by atomic mass is 15.3. The quantitative estimate of drug-likeness (QED) is 0.259. The lowest BCUT2D eigenvalue weighted by Gasteiger charge is -2.34. The molecule has 0 aliphatic heterocycles. The molecule has 0 radical (unpaired) electrons. The van der Waals surface area contributed by atoms with E-state index in [4.69, 9.17) is 0 Å². The number of benzene rings is 4. The summed E-state index contributed by atoms with van der Waals surface area (Å²) in [7, 11) is 0. The van der Waals surface area contributed by atoms with E-state index in [9.17, 15) is 0 Å². The Morgan fingerprint density at radius 2 is 0.939 bits per heavy atom. The first-order valence-corrected chi connectivity index (χ1v) is 12.2. The van der Waals surface area contributed by atoms with E-state index in [0.717, 1.165) is 32.6 Å². The third-order valence-electron chi connectivity index (χ3n) is 7.38. The second-order valence-corrected chi connectivity index (χ2v) is 9.14. The summed E-state index contributed by atoms with van der Waals surface area (Å²) in [6.07, 6.45) is 2.08. The number of anilines is 2. The monoisotopic (exact) mass is 430 g/mol. The SMILES string of the molecule is CCN(CN(CC)c1cccc2c1-c1ccccc1C2)c1cccc2c1-c1ccccc1C2. The number of fused-ring (bicyclic) bond motifs is 6. The Kier molecular flexibility index (Phi) is 4.95. The average molecular weight is 431 g/mol. The minimum Gasteiger partial charge on any atom is -0.354 e. The molecular weight excluding hydrogens is 400 g/mol. The Balaban J connectivity index is 1.39. The molecule has 0 N–H and O–H groups in total. The zero-order valence-corrected chi connectivity index (χ0v) is 19.5. The zero-order chi connectivity index (χ0) is 22.4. The number of hydrogen-bond acceptors (Lipinski definition) is 2. The van der Waals surface area contributed by atoms with Gasteiger partial charge in [-0.15, -0.1) is 0 Å². The van der Waals surface area contributed by atoms with Crippen LogP contribution in [0.15, 0.2) is 84.9 Å². The highest BCUT2D eigenvalue weighted by molar-refractivity contribution is 5.89. The molecule has 164 valence electrons. The van der Waals surface area contributed by atoms with Crippen molar-refractivity contribution in [3.05, 3.63) is 107 Å². The van der Waals surface area contributed by atoms with E-state index in [-0.39, 0.29) is 0 Å². The van der Waals surface area contributed by atoms with E-state index in [2.05, 4.69) is 109 Å². The third kappa shape index (κ3) is 3.24. The Morgan fingerprint density at radius 3 is 1.39 bits per heavy atom. The molecule has 6 rings (SSSR count). The molecule has 0 unspecified atom stereocenters. The summed E-state index contributed by atoms with van der Waals surface area (Å²) >= 11 is 0. The lowest BCUT2D eigenvalue weighted by molar-refractivity contribution is 0.755. The molecule has 0 fully saturated rings. The van der Waals surface area contributed by atoms with Gasteiger partial charge in [-0.25, -0.2) is 0 Å². The lowest BCUT2D eigenvalue weighted by atomic mass is 10.0. The van der Waals surface area contributed by atoms with Gasteiger partial charge in [0.2, 0.25) is 0 Å². The van der Waals surface area contributed by atoms with Crippen LogP contribution < -0.4 is 9.80 Å². The van der Waals surface area contributed by atoms with Crippen molar-refractivity contribution in [3.8, 4) is 22.3 Å². The summed E-state index contributed by atoms with van der Waals surface area (Å²) in [6.45, 7) is 7.38. The van der Waals surface area contributed by atoms with Gasteiger partial charge in [0.1, 0.15) is 0 Å². The van der Waals surface area contributed by atoms with Crippen LogP contribution >= 0.6 is 0 Å². The summed E-state index contributed by atoms with van der Waals surface area (Å²) in [5.74, 6) is 0. The summed E-state index contributed by atoms with van der Waals surface area (Å²) in [5.41, 5.74) is 14.1. The van der Waals surface area contributed by atoms with Crippen LogP contribution in [-0.4, -0.2) is 19.8 Å². The highest BCUT2D eigenvalue weighted by Crippen LogP contribution is 2.45. The van der Waals surface area contributed by atoms with Crippen molar-refractivity contribution in [2.24, 2.45) is 0 Å². The number of hydrogen-bond donors (Lipinski definition) is 0. The molecule has 0 spiro atoms. The molecule has 0 bridgehead atoms. The van der Waals surface area contributed by atoms with Crippen LogP contribution in [-0.2, 0) is 12.8 Å². The molecule has 4 aromatic carbocycles. The Labute approximate surface area is 197 Å². The molecule has 0 amide bonds. The van der Waals surface area contributed by atoms with Crippen molar-refractivity contribution in [1.82, 2.24) is 0 Å². The molecule has 33 heavy (non-hydrogen) atoms. The fraction of sp³-hybridized carbons (Fsp3) is 0.226. The van der Waals surface area contributed by atoms with Crippen molar-refractivity contribution < 1.29 is 0 Å². The van der Waals surface area contributed by atoms with Crippen molar-refractivity contribution >= 4 is 11.4 Å². The third-order valence-corrected chi connectivity index (χ3v) is 7.38. The Hall–Kier alpha value is -3.52. The topological polar surface area (TPSA) is 6.48 Å². The molecule has 2 heteroatoms. The van der Waals surface area contributed by atoms with Crippen LogP contribution in [0.2, 0.25) is 0 Å². The van der Waals surface area contributed by atoms with Crippen molar-refractivity contribution in [2.75, 3.05) is 29.6 Å². The molecule has 0 saturated carbocycles. The first-order chi connectivity index (χ1) is 16.3. The maximum atomic E-state index is 2.55. The molecular formula is C31H30N2. The second kappa shape index (κ2) is 8.12. The smallest absolute Gasteiger partial charge is 0.0902 e. The molecule has 2 aliphatic carbocycles. The van der Waals surface area contributed by atoms with Crippen LogP contribution in [0.25, 0.3) is 22.3 Å². The van der Waals surface area contributed by atoms with Crippen LogP contribution in [0.4, 0.5) is 11.4 Å². The largest absolute Gasteiger partial charge is 0.354 e. The van der Waals surface area contributed by atoms with Crippen LogP contribution in [0, 0.1) is 0 Å². The van der Waals surface area contributed by atoms with Gasteiger partial charge in [0, 0.05) is 35.6 Å². The van der Waals surface area contributed by atoms with E-state index in [0.29, 0.717) is 0 Å². The fourth-order valence-corrected chi connectivity index (χ4v) is 5.76. The van der Waals surface area contributed by atoms with Gasteiger partial charge in [-0.2, -0.15) is 0 Å². The van der Waals surface area contributed by atoms with Gasteiger partial charge < -0.3 is 9.80 Å². The van der Waals surface area contributed by atoms with Crippen LogP contribution in [0.3, 0.4) is 0 Å². The molecule has 0 heterocycles. The summed E-state index contributed by atoms with van der Waals surface area (Å²) in [6, 6.07) is 31.5. The standard InChI is InChI=1S/C31H30N2/c1-3-32(28-17-9-13-24-19-22-11-5-7-15-26(22)30(24)28)21-33(4-2)29-18-10-14-25-20-23-12-6-8-16-27(23)31(25)29/h5-18H,3-4,19-21H2,1-2H3. The summed E-state index contributed by atoms with van der Waals surface area (Å²) in [4.78, 5) is 5.09. The minimum absolute atomic E-state index is 0.879. The van der Waals surface area contributed by atoms with E-state index in [1.807, 2.05) is 0 Å². The Morgan fingerprint density at radius 1 is 0.515 bits per heavy atom. The predicted molar refractivity (Wildman–Crippen MR) is 140 cm³/mol. The molecule has 2 aliphatic rings. The van der Waals surface area contributed by atoms with Gasteiger partial charge in [0.25, 0.3) is 0 Å². The maximum absolute atomic E-state index is 2.55. The van der Waals surface area contributed by atoms with Crippen LogP contribution in [0.1, 0.15) is 36.1 Å². The Bertz CT molecular complexity index is 1230. The predicted octanol–water partition coefficient (Wildman–Crippen LogP) is 7.14. The van der Waals surface area contributed by atoms with E-state index >= 15 is 0 Å². The summed E-state index contributed by atoms with van der Waals surface area (Å²) in [5, 5.41) is 0. The molecule has 0 saturated heterocycles. The van der Waals surface area contributed by atoms with Crippen molar-refractivity contribution in [3.63, 3.8) is 0 Å². The van der Waals surface area contributed by atoms with Gasteiger partial charge in [0.15, 0.2) is 0 Å². The second-order valence-electron chi connectivity index (χ2n) is 9.14. The van der Waals surface area contributed by atoms with E-state index in [1.165, 1.54) is 55.9 Å². The van der Waals surface area contributed by atoms with Crippen molar-refractivity contribution in [2.45, 2.75) is 26.7 Å². The summed E-state index contributed by atoms with van der Waals surface area (Å²) < 4.78 is 0. The number of rotatable bonds is 6. The van der Waals surface area contributed by atoms with Gasteiger partial charge in [0.05, 0.1) is 6.67 Å². The molecule has 2 nitrogen and oxygen atoms in total. The maximum Gasteiger partial charge on any atom is 0.0902 e. The van der Waals surface area contributed by atoms with Gasteiger partial charge >= 0.3 is 0 Å². The van der Waals surface area contributed by atoms with Gasteiger partial charge in [-0.05, 0) is 72.2 Å². The fourth-order valence-electron chi connectivity index (χ4n) is 5.76. The van der Waals surface area contributed by atoms with E-state index < -0.39 is 0 Å². The normalized spacial score (nSPS) is 12.7. The minimum atomic E-state index is 0.879. The van der Waals surface area contributed by atoms with E-state index in [1.54, 1.807) is 0 Å². The van der Waals surface area contributed by atoms with Gasteiger partial charge in [-0.3, -0.25) is 0 Å². The molecule has 4 aromatic rings. The van der Waals surface area contributed by atoms with Crippen LogP contribution in [0.5, 0.6) is 0 Å². The first kappa shape index (κ1) is 20.1. The first-order valence-electron chi connectivity index (χ1n) is 12.2. The highest BCUT2D eigenvalue weighted by Gasteiger charge is 2.26. The molecule has 0 aromatic heterocycles. The lowest BCUT2D eigenvalue weighted by Crippen LogP contribution is -2.38. The van der Waals surface area contributed by atoms with Crippen molar-refractivity contribution in [1.29, 1.82) is 0 Å². The molecule has 0 atom stereocenters.